The number of amides is 1. The molecule has 7 nitrogen and oxygen atoms in total. The number of carbonyl (C=O) groups excluding carboxylic acids is 1. The Labute approximate surface area is 210 Å². The van der Waals surface area contributed by atoms with Gasteiger partial charge in [-0.3, -0.25) is 23.9 Å². The van der Waals surface area contributed by atoms with Crippen molar-refractivity contribution in [3.05, 3.63) is 86.4 Å². The van der Waals surface area contributed by atoms with Crippen LogP contribution in [0.1, 0.15) is 56.9 Å². The van der Waals surface area contributed by atoms with Gasteiger partial charge in [-0.1, -0.05) is 74.6 Å². The summed E-state index contributed by atoms with van der Waals surface area (Å²) in [7, 11) is 0. The lowest BCUT2D eigenvalue weighted by Gasteiger charge is -2.37. The first kappa shape index (κ1) is 24.3. The van der Waals surface area contributed by atoms with Gasteiger partial charge in [0.25, 0.3) is 5.91 Å². The van der Waals surface area contributed by atoms with E-state index in [0.29, 0.717) is 47.9 Å². The molecule has 188 valence electrons. The number of aromatic amines is 1. The normalized spacial score (nSPS) is 18.1. The van der Waals surface area contributed by atoms with Gasteiger partial charge in [-0.2, -0.15) is 0 Å². The predicted octanol–water partition coefficient (Wildman–Crippen LogP) is 4.04. The smallest absolute Gasteiger partial charge is 0.321 e. The first-order valence-corrected chi connectivity index (χ1v) is 13.1. The number of benzene rings is 2. The van der Waals surface area contributed by atoms with Gasteiger partial charge in [-0.05, 0) is 30.5 Å². The third-order valence-electron chi connectivity index (χ3n) is 7.57. The molecule has 1 fully saturated rings. The highest BCUT2D eigenvalue weighted by molar-refractivity contribution is 6.00. The highest BCUT2D eigenvalue weighted by atomic mass is 16.2. The maximum Gasteiger partial charge on any atom is 0.321 e. The van der Waals surface area contributed by atoms with Crippen LogP contribution in [-0.4, -0.2) is 39.5 Å². The molecule has 0 bridgehead atoms. The van der Waals surface area contributed by atoms with Crippen molar-refractivity contribution < 1.29 is 4.79 Å². The average molecular weight is 487 g/mol. The second kappa shape index (κ2) is 11.1. The molecular weight excluding hydrogens is 452 g/mol. The van der Waals surface area contributed by atoms with Crippen LogP contribution in [0.25, 0.3) is 16.7 Å². The minimum Gasteiger partial charge on any atom is -0.348 e. The zero-order chi connectivity index (χ0) is 24.9. The minimum atomic E-state index is -0.673. The van der Waals surface area contributed by atoms with Gasteiger partial charge in [0.1, 0.15) is 0 Å². The fraction of sp³-hybridized carbons (Fsp3) is 0.414. The molecular formula is C29H34N4O3. The Morgan fingerprint density at radius 2 is 1.61 bits per heavy atom. The third-order valence-corrected chi connectivity index (χ3v) is 7.57. The molecule has 36 heavy (non-hydrogen) atoms. The van der Waals surface area contributed by atoms with Crippen LogP contribution in [-0.2, 0) is 11.3 Å². The zero-order valence-electron chi connectivity index (χ0n) is 20.7. The molecule has 0 atom stereocenters. The fourth-order valence-electron chi connectivity index (χ4n) is 5.65. The molecule has 1 aliphatic heterocycles. The Morgan fingerprint density at radius 3 is 2.39 bits per heavy atom. The number of fused-ring (bicyclic) bond motifs is 1. The van der Waals surface area contributed by atoms with E-state index >= 15 is 0 Å². The van der Waals surface area contributed by atoms with E-state index < -0.39 is 11.1 Å². The van der Waals surface area contributed by atoms with Crippen LogP contribution in [0.5, 0.6) is 0 Å². The second-order valence-corrected chi connectivity index (χ2v) is 9.92. The summed E-state index contributed by atoms with van der Waals surface area (Å²) in [6, 6.07) is 17.5. The van der Waals surface area contributed by atoms with Gasteiger partial charge >= 0.3 is 11.1 Å². The van der Waals surface area contributed by atoms with Crippen molar-refractivity contribution in [2.24, 2.45) is 0 Å². The van der Waals surface area contributed by atoms with Crippen molar-refractivity contribution >= 4 is 22.6 Å². The molecule has 2 aliphatic rings. The number of rotatable bonds is 5. The molecule has 3 aromatic rings. The van der Waals surface area contributed by atoms with Gasteiger partial charge < -0.3 is 10.3 Å². The highest BCUT2D eigenvalue weighted by Gasteiger charge is 2.30. The van der Waals surface area contributed by atoms with Crippen LogP contribution in [0, 0.1) is 0 Å². The predicted molar refractivity (Wildman–Crippen MR) is 143 cm³/mol. The molecule has 1 aliphatic carbocycles. The molecule has 0 saturated heterocycles. The maximum absolute atomic E-state index is 13.6. The van der Waals surface area contributed by atoms with Crippen molar-refractivity contribution in [1.82, 2.24) is 19.8 Å². The minimum absolute atomic E-state index is 0.180. The Kier molecular flexibility index (Phi) is 7.47. The molecule has 1 saturated carbocycles. The number of nitrogens with zero attached hydrogens (tertiary/aromatic N) is 2. The Balaban J connectivity index is 1.54. The van der Waals surface area contributed by atoms with E-state index in [1.807, 2.05) is 48.5 Å². The van der Waals surface area contributed by atoms with Crippen molar-refractivity contribution in [2.75, 3.05) is 13.1 Å². The molecule has 0 radical (unpaired) electrons. The SMILES string of the molecule is O=C(NCc1ccccc1)C1=C(n2c(=O)c(=O)[nH]c3ccccc32)CCN(C2CCCCCCC2)C1. The van der Waals surface area contributed by atoms with E-state index in [1.165, 1.54) is 36.7 Å². The molecule has 2 N–H and O–H groups in total. The number of nitrogens with one attached hydrogen (secondary N) is 2. The van der Waals surface area contributed by atoms with Crippen LogP contribution in [0.3, 0.4) is 0 Å². The van der Waals surface area contributed by atoms with Gasteiger partial charge in [0.15, 0.2) is 0 Å². The van der Waals surface area contributed by atoms with Crippen molar-refractivity contribution in [1.29, 1.82) is 0 Å². The standard InChI is InChI=1S/C29H34N4O3/c34-27(30-19-21-11-5-4-6-12-21)23-20-32(22-13-7-2-1-3-8-14-22)18-17-25(23)33-26-16-10-9-15-24(26)31-28(35)29(33)36/h4-6,9-12,15-16,22H,1-3,7-8,13-14,17-20H2,(H,30,34)(H,31,35). The number of hydrogen-bond donors (Lipinski definition) is 2. The zero-order valence-corrected chi connectivity index (χ0v) is 20.7. The summed E-state index contributed by atoms with van der Waals surface area (Å²) in [6.07, 6.45) is 9.09. The van der Waals surface area contributed by atoms with E-state index in [9.17, 15) is 14.4 Å². The maximum atomic E-state index is 13.6. The van der Waals surface area contributed by atoms with Crippen molar-refractivity contribution in [3.63, 3.8) is 0 Å². The molecule has 2 heterocycles. The van der Waals surface area contributed by atoms with E-state index in [0.717, 1.165) is 24.9 Å². The fourth-order valence-corrected chi connectivity index (χ4v) is 5.65. The van der Waals surface area contributed by atoms with E-state index in [4.69, 9.17) is 0 Å². The summed E-state index contributed by atoms with van der Waals surface area (Å²) in [5, 5.41) is 3.07. The Bertz CT molecular complexity index is 1360. The summed E-state index contributed by atoms with van der Waals surface area (Å²) >= 11 is 0. The first-order valence-electron chi connectivity index (χ1n) is 13.1. The monoisotopic (exact) mass is 486 g/mol. The average Bonchev–Trinajstić information content (AvgIpc) is 2.88. The van der Waals surface area contributed by atoms with Crippen molar-refractivity contribution in [3.8, 4) is 0 Å². The summed E-state index contributed by atoms with van der Waals surface area (Å²) in [6.45, 7) is 1.65. The number of carbonyl (C=O) groups is 1. The number of H-pyrrole nitrogens is 1. The second-order valence-electron chi connectivity index (χ2n) is 9.92. The topological polar surface area (TPSA) is 87.2 Å². The number of hydrogen-bond acceptors (Lipinski definition) is 4. The molecule has 1 amide bonds. The summed E-state index contributed by atoms with van der Waals surface area (Å²) in [5.74, 6) is -0.180. The first-order chi connectivity index (χ1) is 17.6. The van der Waals surface area contributed by atoms with E-state index in [1.54, 1.807) is 6.07 Å². The lowest BCUT2D eigenvalue weighted by atomic mass is 9.93. The number of para-hydroxylation sites is 2. The molecule has 2 aromatic carbocycles. The van der Waals surface area contributed by atoms with Gasteiger partial charge in [-0.25, -0.2) is 0 Å². The van der Waals surface area contributed by atoms with Gasteiger partial charge in [0.05, 0.1) is 16.6 Å². The lowest BCUT2D eigenvalue weighted by molar-refractivity contribution is -0.118. The Hall–Kier alpha value is -3.45. The quantitative estimate of drug-likeness (QED) is 0.533. The summed E-state index contributed by atoms with van der Waals surface area (Å²) in [5.41, 5.74) is 2.11. The van der Waals surface area contributed by atoms with Gasteiger partial charge in [-0.15, -0.1) is 0 Å². The van der Waals surface area contributed by atoms with Crippen LogP contribution in [0.4, 0.5) is 0 Å². The highest BCUT2D eigenvalue weighted by Crippen LogP contribution is 2.29. The molecule has 7 heteroatoms. The van der Waals surface area contributed by atoms with Gasteiger partial charge in [0.2, 0.25) is 0 Å². The lowest BCUT2D eigenvalue weighted by Crippen LogP contribution is -2.46. The summed E-state index contributed by atoms with van der Waals surface area (Å²) < 4.78 is 1.47. The third kappa shape index (κ3) is 5.21. The van der Waals surface area contributed by atoms with E-state index in [2.05, 4.69) is 15.2 Å². The van der Waals surface area contributed by atoms with Crippen LogP contribution in [0.2, 0.25) is 0 Å². The van der Waals surface area contributed by atoms with Crippen LogP contribution < -0.4 is 16.4 Å². The molecule has 1 aromatic heterocycles. The largest absolute Gasteiger partial charge is 0.348 e. The number of aromatic nitrogens is 2. The van der Waals surface area contributed by atoms with Gasteiger partial charge in [0, 0.05) is 37.8 Å². The Morgan fingerprint density at radius 1 is 0.917 bits per heavy atom. The summed E-state index contributed by atoms with van der Waals surface area (Å²) in [4.78, 5) is 44.4. The molecule has 5 rings (SSSR count). The van der Waals surface area contributed by atoms with Crippen molar-refractivity contribution in [2.45, 2.75) is 64.0 Å². The van der Waals surface area contributed by atoms with Crippen LogP contribution >= 0.6 is 0 Å². The van der Waals surface area contributed by atoms with Crippen LogP contribution in [0.15, 0.2) is 69.8 Å². The van der Waals surface area contributed by atoms with E-state index in [-0.39, 0.29) is 5.91 Å². The molecule has 0 unspecified atom stereocenters. The molecule has 0 spiro atoms.